The molecule has 0 amide bonds. The molecule has 0 aliphatic heterocycles. The van der Waals surface area contributed by atoms with Gasteiger partial charge in [0.05, 0.1) is 19.5 Å². The van der Waals surface area contributed by atoms with Crippen molar-refractivity contribution in [3.8, 4) is 0 Å². The van der Waals surface area contributed by atoms with Crippen LogP contribution in [0.3, 0.4) is 0 Å². The van der Waals surface area contributed by atoms with E-state index >= 15 is 0 Å². The minimum Gasteiger partial charge on any atom is -0.465 e. The second-order valence-corrected chi connectivity index (χ2v) is 8.02. The van der Waals surface area contributed by atoms with E-state index in [1.54, 1.807) is 4.57 Å². The van der Waals surface area contributed by atoms with Crippen molar-refractivity contribution < 1.29 is 19.1 Å². The van der Waals surface area contributed by atoms with E-state index in [9.17, 15) is 14.4 Å². The minimum absolute atomic E-state index is 0. The van der Waals surface area contributed by atoms with Gasteiger partial charge in [0.25, 0.3) is 5.56 Å². The van der Waals surface area contributed by atoms with Gasteiger partial charge >= 0.3 is 11.9 Å². The number of H-pyrrole nitrogens is 1. The summed E-state index contributed by atoms with van der Waals surface area (Å²) in [5.74, 6) is -0.770. The molecule has 2 heterocycles. The van der Waals surface area contributed by atoms with Gasteiger partial charge in [-0.2, -0.15) is 4.98 Å². The third-order valence-electron chi connectivity index (χ3n) is 4.69. The standard InChI is InChI=1S/C20H32N6O5.ClH/c1-4-5-15(27)30-9-13(10-31-19(29)14(21)8-12(2)3)6-7-26-11-23-16-17(26)24-20(22)25-18(16)28;/h11-14H,4-10,21H2,1-3H3,(H3,22,24,25,28);1H/t13?,14-;/m0./s1. The van der Waals surface area contributed by atoms with Gasteiger partial charge in [-0.05, 0) is 25.2 Å². The molecule has 0 aliphatic carbocycles. The Balaban J connectivity index is 0.00000512. The third kappa shape index (κ3) is 8.12. The fraction of sp³-hybridized carbons (Fsp3) is 0.650. The molecule has 11 nitrogen and oxygen atoms in total. The van der Waals surface area contributed by atoms with Crippen LogP contribution in [0.2, 0.25) is 0 Å². The zero-order valence-corrected chi connectivity index (χ0v) is 19.5. The SMILES string of the molecule is CCCC(=O)OCC(CCn1cnc2c(=O)[nH]c(N)nc21)COC(=O)[C@@H](N)CC(C)C.Cl. The highest BCUT2D eigenvalue weighted by Crippen LogP contribution is 2.13. The Morgan fingerprint density at radius 2 is 1.94 bits per heavy atom. The lowest BCUT2D eigenvalue weighted by atomic mass is 10.0. The lowest BCUT2D eigenvalue weighted by molar-refractivity contribution is -0.150. The van der Waals surface area contributed by atoms with Crippen LogP contribution in [0.5, 0.6) is 0 Å². The number of hydrogen-bond acceptors (Lipinski definition) is 9. The molecule has 5 N–H and O–H groups in total. The number of aryl methyl sites for hydroxylation is 1. The van der Waals surface area contributed by atoms with Crippen molar-refractivity contribution in [3.05, 3.63) is 16.7 Å². The molecule has 1 unspecified atom stereocenters. The van der Waals surface area contributed by atoms with Crippen molar-refractivity contribution in [3.63, 3.8) is 0 Å². The van der Waals surface area contributed by atoms with Gasteiger partial charge in [-0.3, -0.25) is 19.4 Å². The Kier molecular flexibility index (Phi) is 11.1. The van der Waals surface area contributed by atoms with Crippen LogP contribution in [0.1, 0.15) is 46.5 Å². The molecule has 0 radical (unpaired) electrons. The number of anilines is 1. The molecule has 12 heteroatoms. The number of nitrogens with two attached hydrogens (primary N) is 2. The molecule has 0 saturated heterocycles. The molecule has 180 valence electrons. The van der Waals surface area contributed by atoms with E-state index in [2.05, 4.69) is 15.0 Å². The molecule has 0 spiro atoms. The van der Waals surface area contributed by atoms with Gasteiger partial charge in [-0.15, -0.1) is 12.4 Å². The van der Waals surface area contributed by atoms with Crippen molar-refractivity contribution in [2.45, 2.75) is 59.0 Å². The van der Waals surface area contributed by atoms with E-state index in [1.165, 1.54) is 6.33 Å². The Bertz CT molecular complexity index is 944. The number of fused-ring (bicyclic) bond motifs is 1. The number of hydrogen-bond donors (Lipinski definition) is 3. The van der Waals surface area contributed by atoms with Crippen LogP contribution in [-0.2, 0) is 25.6 Å². The normalized spacial score (nSPS) is 12.9. The third-order valence-corrected chi connectivity index (χ3v) is 4.69. The van der Waals surface area contributed by atoms with Gasteiger partial charge in [0.1, 0.15) is 6.04 Å². The number of nitrogen functional groups attached to an aromatic ring is 1. The fourth-order valence-electron chi connectivity index (χ4n) is 3.07. The molecule has 32 heavy (non-hydrogen) atoms. The van der Waals surface area contributed by atoms with Crippen molar-refractivity contribution in [2.24, 2.45) is 17.6 Å². The summed E-state index contributed by atoms with van der Waals surface area (Å²) < 4.78 is 12.4. The van der Waals surface area contributed by atoms with Crippen LogP contribution >= 0.6 is 12.4 Å². The molecule has 2 aromatic rings. The molecule has 0 fully saturated rings. The first-order valence-corrected chi connectivity index (χ1v) is 10.5. The van der Waals surface area contributed by atoms with E-state index in [-0.39, 0.29) is 54.9 Å². The predicted molar refractivity (Wildman–Crippen MR) is 122 cm³/mol. The first kappa shape index (κ1) is 27.4. The fourth-order valence-corrected chi connectivity index (χ4v) is 3.07. The first-order valence-electron chi connectivity index (χ1n) is 10.5. The quantitative estimate of drug-likeness (QED) is 0.386. The second kappa shape index (κ2) is 13.0. The van der Waals surface area contributed by atoms with Crippen LogP contribution in [-0.4, -0.2) is 50.7 Å². The van der Waals surface area contributed by atoms with Crippen molar-refractivity contribution in [1.29, 1.82) is 0 Å². The summed E-state index contributed by atoms with van der Waals surface area (Å²) in [6.07, 6.45) is 3.52. The van der Waals surface area contributed by atoms with Crippen LogP contribution in [0.15, 0.2) is 11.1 Å². The van der Waals surface area contributed by atoms with E-state index < -0.39 is 17.6 Å². The topological polar surface area (TPSA) is 168 Å². The average molecular weight is 473 g/mol. The maximum absolute atomic E-state index is 12.2. The summed E-state index contributed by atoms with van der Waals surface area (Å²) in [6, 6.07) is -0.695. The lowest BCUT2D eigenvalue weighted by Crippen LogP contribution is -2.35. The molecule has 0 bridgehead atoms. The largest absolute Gasteiger partial charge is 0.465 e. The second-order valence-electron chi connectivity index (χ2n) is 8.02. The number of aromatic amines is 1. The molecule has 2 atom stereocenters. The molecule has 2 aromatic heterocycles. The number of nitrogens with one attached hydrogen (secondary N) is 1. The Morgan fingerprint density at radius 3 is 2.59 bits per heavy atom. The maximum atomic E-state index is 12.2. The van der Waals surface area contributed by atoms with E-state index in [0.29, 0.717) is 37.9 Å². The zero-order valence-electron chi connectivity index (χ0n) is 18.7. The van der Waals surface area contributed by atoms with Crippen LogP contribution in [0.4, 0.5) is 5.95 Å². The van der Waals surface area contributed by atoms with Crippen molar-refractivity contribution in [1.82, 2.24) is 19.5 Å². The summed E-state index contributed by atoms with van der Waals surface area (Å²) in [5.41, 5.74) is 11.6. The molecule has 0 aliphatic rings. The number of carbonyl (C=O) groups excluding carboxylic acids is 2. The van der Waals surface area contributed by atoms with Gasteiger partial charge in [0.15, 0.2) is 11.2 Å². The Hall–Kier alpha value is -2.66. The number of imidazole rings is 1. The molecule has 0 saturated carbocycles. The summed E-state index contributed by atoms with van der Waals surface area (Å²) in [6.45, 7) is 6.43. The van der Waals surface area contributed by atoms with E-state index in [1.807, 2.05) is 20.8 Å². The van der Waals surface area contributed by atoms with Crippen molar-refractivity contribution in [2.75, 3.05) is 18.9 Å². The van der Waals surface area contributed by atoms with Gasteiger partial charge in [0.2, 0.25) is 5.95 Å². The Morgan fingerprint density at radius 1 is 1.25 bits per heavy atom. The van der Waals surface area contributed by atoms with Gasteiger partial charge < -0.3 is 25.5 Å². The number of halogens is 1. The maximum Gasteiger partial charge on any atom is 0.322 e. The monoisotopic (exact) mass is 472 g/mol. The first-order chi connectivity index (χ1) is 14.7. The summed E-state index contributed by atoms with van der Waals surface area (Å²) >= 11 is 0. The highest BCUT2D eigenvalue weighted by Gasteiger charge is 2.20. The summed E-state index contributed by atoms with van der Waals surface area (Å²) in [5, 5.41) is 0. The average Bonchev–Trinajstić information content (AvgIpc) is 3.09. The summed E-state index contributed by atoms with van der Waals surface area (Å²) in [4.78, 5) is 46.5. The highest BCUT2D eigenvalue weighted by atomic mass is 35.5. The van der Waals surface area contributed by atoms with Crippen LogP contribution in [0.25, 0.3) is 11.2 Å². The van der Waals surface area contributed by atoms with Crippen molar-refractivity contribution >= 4 is 41.5 Å². The zero-order chi connectivity index (χ0) is 23.0. The number of nitrogens with zero attached hydrogens (tertiary/aromatic N) is 3. The number of rotatable bonds is 12. The molecule has 0 aromatic carbocycles. The van der Waals surface area contributed by atoms with E-state index in [0.717, 1.165) is 0 Å². The predicted octanol–water partition coefficient (Wildman–Crippen LogP) is 1.39. The smallest absolute Gasteiger partial charge is 0.322 e. The number of carbonyl (C=O) groups is 2. The Labute approximate surface area is 192 Å². The number of esters is 2. The molecule has 2 rings (SSSR count). The molecular weight excluding hydrogens is 440 g/mol. The highest BCUT2D eigenvalue weighted by molar-refractivity contribution is 5.85. The van der Waals surface area contributed by atoms with Gasteiger partial charge in [-0.1, -0.05) is 20.8 Å². The van der Waals surface area contributed by atoms with Gasteiger partial charge in [-0.25, -0.2) is 4.98 Å². The molecular formula is C20H33ClN6O5. The minimum atomic E-state index is -0.695. The number of aromatic nitrogens is 4. The van der Waals surface area contributed by atoms with Crippen LogP contribution < -0.4 is 17.0 Å². The van der Waals surface area contributed by atoms with Gasteiger partial charge in [0, 0.05) is 18.9 Å². The summed E-state index contributed by atoms with van der Waals surface area (Å²) in [7, 11) is 0. The van der Waals surface area contributed by atoms with Crippen LogP contribution in [0, 0.1) is 11.8 Å². The van der Waals surface area contributed by atoms with E-state index in [4.69, 9.17) is 20.9 Å². The lowest BCUT2D eigenvalue weighted by Gasteiger charge is -2.19. The number of ether oxygens (including phenoxy) is 2.